The summed E-state index contributed by atoms with van der Waals surface area (Å²) in [5, 5.41) is 3.62. The van der Waals surface area contributed by atoms with Crippen molar-refractivity contribution < 1.29 is 4.74 Å². The first kappa shape index (κ1) is 11.8. The normalized spacial score (nSPS) is 10.4. The highest BCUT2D eigenvalue weighted by Gasteiger charge is 2.08. The van der Waals surface area contributed by atoms with Gasteiger partial charge in [-0.15, -0.1) is 0 Å². The summed E-state index contributed by atoms with van der Waals surface area (Å²) < 4.78 is 7.07. The molecule has 0 unspecified atom stereocenters. The van der Waals surface area contributed by atoms with Crippen molar-refractivity contribution in [1.29, 1.82) is 0 Å². The van der Waals surface area contributed by atoms with Crippen molar-refractivity contribution >= 4 is 17.5 Å². The van der Waals surface area contributed by atoms with E-state index in [1.165, 1.54) is 0 Å². The number of ether oxygens (including phenoxy) is 1. The molecule has 17 heavy (non-hydrogen) atoms. The Morgan fingerprint density at radius 2 is 2.18 bits per heavy atom. The molecule has 5 heteroatoms. The predicted octanol–water partition coefficient (Wildman–Crippen LogP) is 2.88. The zero-order valence-corrected chi connectivity index (χ0v) is 10.7. The Hall–Kier alpha value is -1.68. The number of imidazole rings is 1. The van der Waals surface area contributed by atoms with Crippen LogP contribution in [0.4, 0.5) is 5.95 Å². The van der Waals surface area contributed by atoms with E-state index in [1.807, 2.05) is 42.9 Å². The van der Waals surface area contributed by atoms with Crippen LogP contribution in [0.1, 0.15) is 5.69 Å². The number of aromatic nitrogens is 2. The highest BCUT2D eigenvalue weighted by molar-refractivity contribution is 6.32. The lowest BCUT2D eigenvalue weighted by molar-refractivity contribution is 0.415. The Bertz CT molecular complexity index is 537. The minimum atomic E-state index is 0.582. The molecular formula is C12H14ClN3O. The van der Waals surface area contributed by atoms with E-state index < -0.39 is 0 Å². The zero-order valence-electron chi connectivity index (χ0n) is 9.99. The fourth-order valence-electron chi connectivity index (χ4n) is 1.68. The van der Waals surface area contributed by atoms with E-state index >= 15 is 0 Å². The quantitative estimate of drug-likeness (QED) is 0.912. The summed E-state index contributed by atoms with van der Waals surface area (Å²) in [6, 6.07) is 5.63. The number of nitrogens with zero attached hydrogens (tertiary/aromatic N) is 2. The molecule has 0 radical (unpaired) electrons. The van der Waals surface area contributed by atoms with Gasteiger partial charge in [-0.1, -0.05) is 11.6 Å². The topological polar surface area (TPSA) is 39.1 Å². The van der Waals surface area contributed by atoms with E-state index in [-0.39, 0.29) is 0 Å². The van der Waals surface area contributed by atoms with Crippen LogP contribution < -0.4 is 10.1 Å². The van der Waals surface area contributed by atoms with Crippen molar-refractivity contribution in [2.45, 2.75) is 6.92 Å². The second-order valence-electron chi connectivity index (χ2n) is 3.64. The third-order valence-corrected chi connectivity index (χ3v) is 2.76. The molecule has 0 aliphatic rings. The van der Waals surface area contributed by atoms with Crippen molar-refractivity contribution in [3.63, 3.8) is 0 Å². The Labute approximate surface area is 105 Å². The number of benzene rings is 1. The number of methoxy groups -OCH3 is 1. The van der Waals surface area contributed by atoms with Crippen molar-refractivity contribution in [3.05, 3.63) is 35.1 Å². The number of hydrogen-bond donors (Lipinski definition) is 1. The molecule has 0 bridgehead atoms. The van der Waals surface area contributed by atoms with Crippen molar-refractivity contribution in [1.82, 2.24) is 9.55 Å². The minimum absolute atomic E-state index is 0.582. The molecule has 1 aromatic carbocycles. The average molecular weight is 252 g/mol. The molecule has 0 saturated carbocycles. The Balaban J connectivity index is 2.49. The van der Waals surface area contributed by atoms with Gasteiger partial charge in [0.15, 0.2) is 0 Å². The van der Waals surface area contributed by atoms with Crippen LogP contribution in [0.15, 0.2) is 24.4 Å². The number of aryl methyl sites for hydroxylation is 1. The van der Waals surface area contributed by atoms with Crippen LogP contribution in [0.2, 0.25) is 5.02 Å². The Kier molecular flexibility index (Phi) is 3.24. The van der Waals surface area contributed by atoms with Crippen LogP contribution in [0.3, 0.4) is 0 Å². The van der Waals surface area contributed by atoms with E-state index in [0.717, 1.165) is 17.3 Å². The maximum absolute atomic E-state index is 6.10. The maximum Gasteiger partial charge on any atom is 0.207 e. The minimum Gasteiger partial charge on any atom is -0.495 e. The summed E-state index contributed by atoms with van der Waals surface area (Å²) in [5.74, 6) is 1.45. The molecule has 1 N–H and O–H groups in total. The Morgan fingerprint density at radius 3 is 2.76 bits per heavy atom. The average Bonchev–Trinajstić information content (AvgIpc) is 2.70. The van der Waals surface area contributed by atoms with Gasteiger partial charge in [0.1, 0.15) is 5.75 Å². The summed E-state index contributed by atoms with van der Waals surface area (Å²) in [6.45, 7) is 1.95. The van der Waals surface area contributed by atoms with Gasteiger partial charge in [-0.2, -0.15) is 0 Å². The third-order valence-electron chi connectivity index (χ3n) is 2.46. The molecule has 0 amide bonds. The number of anilines is 1. The number of hydrogen-bond acceptors (Lipinski definition) is 3. The van der Waals surface area contributed by atoms with Crippen LogP contribution in [0.5, 0.6) is 5.75 Å². The SMILES string of the molecule is CNc1nc(C)cn1-c1ccc(OC)c(Cl)c1. The molecular weight excluding hydrogens is 238 g/mol. The number of rotatable bonds is 3. The van der Waals surface area contributed by atoms with E-state index in [1.54, 1.807) is 7.11 Å². The highest BCUT2D eigenvalue weighted by Crippen LogP contribution is 2.27. The molecule has 1 heterocycles. The van der Waals surface area contributed by atoms with Gasteiger partial charge in [-0.05, 0) is 25.1 Å². The van der Waals surface area contributed by atoms with Gasteiger partial charge in [-0.25, -0.2) is 4.98 Å². The van der Waals surface area contributed by atoms with E-state index in [9.17, 15) is 0 Å². The van der Waals surface area contributed by atoms with Crippen LogP contribution >= 0.6 is 11.6 Å². The zero-order chi connectivity index (χ0) is 12.4. The largest absolute Gasteiger partial charge is 0.495 e. The fraction of sp³-hybridized carbons (Fsp3) is 0.250. The standard InChI is InChI=1S/C12H14ClN3O/c1-8-7-16(12(14-2)15-8)9-4-5-11(17-3)10(13)6-9/h4-7H,1-3H3,(H,14,15). The van der Waals surface area contributed by atoms with Gasteiger partial charge in [0.05, 0.1) is 23.5 Å². The van der Waals surface area contributed by atoms with Gasteiger partial charge in [0.2, 0.25) is 5.95 Å². The molecule has 90 valence electrons. The summed E-state index contributed by atoms with van der Waals surface area (Å²) in [4.78, 5) is 4.36. The first-order valence-corrected chi connectivity index (χ1v) is 5.61. The number of nitrogens with one attached hydrogen (secondary N) is 1. The molecule has 0 fully saturated rings. The van der Waals surface area contributed by atoms with Crippen molar-refractivity contribution in [2.24, 2.45) is 0 Å². The van der Waals surface area contributed by atoms with Gasteiger partial charge < -0.3 is 10.1 Å². The fourth-order valence-corrected chi connectivity index (χ4v) is 1.93. The molecule has 0 aliphatic heterocycles. The monoisotopic (exact) mass is 251 g/mol. The molecule has 0 spiro atoms. The molecule has 0 saturated heterocycles. The van der Waals surface area contributed by atoms with Gasteiger partial charge in [0.25, 0.3) is 0 Å². The summed E-state index contributed by atoms with van der Waals surface area (Å²) in [5.41, 5.74) is 1.89. The van der Waals surface area contributed by atoms with Gasteiger partial charge >= 0.3 is 0 Å². The van der Waals surface area contributed by atoms with E-state index in [0.29, 0.717) is 10.8 Å². The van der Waals surface area contributed by atoms with E-state index in [4.69, 9.17) is 16.3 Å². The summed E-state index contributed by atoms with van der Waals surface area (Å²) in [6.07, 6.45) is 1.95. The molecule has 1 aromatic heterocycles. The molecule has 4 nitrogen and oxygen atoms in total. The highest BCUT2D eigenvalue weighted by atomic mass is 35.5. The van der Waals surface area contributed by atoms with Gasteiger partial charge in [0, 0.05) is 13.2 Å². The third kappa shape index (κ3) is 2.22. The second-order valence-corrected chi connectivity index (χ2v) is 4.05. The van der Waals surface area contributed by atoms with Crippen LogP contribution in [-0.2, 0) is 0 Å². The van der Waals surface area contributed by atoms with Crippen molar-refractivity contribution in [3.8, 4) is 11.4 Å². The molecule has 0 atom stereocenters. The molecule has 2 aromatic rings. The lowest BCUT2D eigenvalue weighted by Crippen LogP contribution is -2.00. The van der Waals surface area contributed by atoms with Crippen LogP contribution in [-0.4, -0.2) is 23.7 Å². The smallest absolute Gasteiger partial charge is 0.207 e. The first-order valence-electron chi connectivity index (χ1n) is 5.23. The first-order chi connectivity index (χ1) is 8.15. The summed E-state index contributed by atoms with van der Waals surface area (Å²) >= 11 is 6.10. The lowest BCUT2D eigenvalue weighted by atomic mass is 10.3. The van der Waals surface area contributed by atoms with Crippen molar-refractivity contribution in [2.75, 3.05) is 19.5 Å². The number of halogens is 1. The maximum atomic E-state index is 6.10. The lowest BCUT2D eigenvalue weighted by Gasteiger charge is -2.09. The summed E-state index contributed by atoms with van der Waals surface area (Å²) in [7, 11) is 3.44. The van der Waals surface area contributed by atoms with Crippen LogP contribution in [0, 0.1) is 6.92 Å². The second kappa shape index (κ2) is 4.67. The predicted molar refractivity (Wildman–Crippen MR) is 69.4 cm³/mol. The molecule has 0 aliphatic carbocycles. The van der Waals surface area contributed by atoms with Crippen LogP contribution in [0.25, 0.3) is 5.69 Å². The molecule has 2 rings (SSSR count). The van der Waals surface area contributed by atoms with Gasteiger partial charge in [-0.3, -0.25) is 4.57 Å². The Morgan fingerprint density at radius 1 is 1.41 bits per heavy atom. The van der Waals surface area contributed by atoms with E-state index in [2.05, 4.69) is 10.3 Å².